The van der Waals surface area contributed by atoms with Gasteiger partial charge in [0.05, 0.1) is 11.4 Å². The lowest BCUT2D eigenvalue weighted by molar-refractivity contribution is -0.117. The second-order valence-corrected chi connectivity index (χ2v) is 8.92. The smallest absolute Gasteiger partial charge is 0.243 e. The van der Waals surface area contributed by atoms with Crippen LogP contribution in [0, 0.1) is 19.7 Å². The minimum atomic E-state index is -3.54. The van der Waals surface area contributed by atoms with Gasteiger partial charge in [0.15, 0.2) is 0 Å². The summed E-state index contributed by atoms with van der Waals surface area (Å²) in [5, 5.41) is 2.66. The van der Waals surface area contributed by atoms with E-state index in [1.165, 1.54) is 22.5 Å². The molecule has 0 bridgehead atoms. The van der Waals surface area contributed by atoms with Crippen LogP contribution in [0.3, 0.4) is 0 Å². The zero-order valence-electron chi connectivity index (χ0n) is 16.0. The van der Waals surface area contributed by atoms with E-state index >= 15 is 0 Å². The molecule has 1 heterocycles. The minimum absolute atomic E-state index is 0.133. The lowest BCUT2D eigenvalue weighted by Crippen LogP contribution is -2.50. The summed E-state index contributed by atoms with van der Waals surface area (Å²) in [6, 6.07) is 10.9. The number of piperazine rings is 1. The summed E-state index contributed by atoms with van der Waals surface area (Å²) >= 11 is 0. The largest absolute Gasteiger partial charge is 0.325 e. The summed E-state index contributed by atoms with van der Waals surface area (Å²) in [6.45, 7) is 5.53. The molecule has 0 atom stereocenters. The van der Waals surface area contributed by atoms with E-state index in [9.17, 15) is 17.6 Å². The molecule has 1 aliphatic heterocycles. The number of carbonyl (C=O) groups excluding carboxylic acids is 1. The average molecular weight is 405 g/mol. The van der Waals surface area contributed by atoms with Crippen molar-refractivity contribution in [2.75, 3.05) is 38.0 Å². The third-order valence-electron chi connectivity index (χ3n) is 4.92. The number of nitrogens with zero attached hydrogens (tertiary/aromatic N) is 2. The highest BCUT2D eigenvalue weighted by molar-refractivity contribution is 7.89. The number of sulfonamides is 1. The molecule has 8 heteroatoms. The number of hydrogen-bond acceptors (Lipinski definition) is 4. The average Bonchev–Trinajstić information content (AvgIpc) is 2.64. The molecule has 1 N–H and O–H groups in total. The van der Waals surface area contributed by atoms with Crippen LogP contribution in [0.25, 0.3) is 0 Å². The molecule has 3 rings (SSSR count). The van der Waals surface area contributed by atoms with Crippen molar-refractivity contribution in [2.45, 2.75) is 18.7 Å². The molecule has 0 aliphatic carbocycles. The van der Waals surface area contributed by atoms with Crippen molar-refractivity contribution in [3.05, 3.63) is 59.4 Å². The van der Waals surface area contributed by atoms with Gasteiger partial charge in [-0.1, -0.05) is 12.1 Å². The summed E-state index contributed by atoms with van der Waals surface area (Å²) < 4.78 is 40.3. The Balaban J connectivity index is 1.56. The topological polar surface area (TPSA) is 69.7 Å². The van der Waals surface area contributed by atoms with Gasteiger partial charge in [0.25, 0.3) is 0 Å². The van der Waals surface area contributed by atoms with Gasteiger partial charge in [-0.05, 0) is 55.3 Å². The van der Waals surface area contributed by atoms with E-state index in [1.54, 1.807) is 18.2 Å². The predicted octanol–water partition coefficient (Wildman–Crippen LogP) is 2.39. The Morgan fingerprint density at radius 2 is 1.75 bits per heavy atom. The first-order valence-corrected chi connectivity index (χ1v) is 10.5. The maximum Gasteiger partial charge on any atom is 0.243 e. The number of carbonyl (C=O) groups is 1. The summed E-state index contributed by atoms with van der Waals surface area (Å²) in [5.74, 6) is -0.668. The molecule has 1 fully saturated rings. The first-order valence-electron chi connectivity index (χ1n) is 9.11. The number of amides is 1. The summed E-state index contributed by atoms with van der Waals surface area (Å²) in [6.07, 6.45) is 0. The number of anilines is 1. The van der Waals surface area contributed by atoms with Crippen LogP contribution in [0.4, 0.5) is 10.1 Å². The van der Waals surface area contributed by atoms with E-state index < -0.39 is 15.8 Å². The van der Waals surface area contributed by atoms with Crippen LogP contribution in [0.1, 0.15) is 11.1 Å². The number of halogens is 1. The van der Waals surface area contributed by atoms with Crippen molar-refractivity contribution in [1.82, 2.24) is 9.21 Å². The second-order valence-electron chi connectivity index (χ2n) is 6.98. The fraction of sp³-hybridized carbons (Fsp3) is 0.350. The first-order chi connectivity index (χ1) is 13.3. The van der Waals surface area contributed by atoms with E-state index in [0.29, 0.717) is 36.8 Å². The fourth-order valence-electron chi connectivity index (χ4n) is 3.12. The van der Waals surface area contributed by atoms with Crippen LogP contribution < -0.4 is 5.32 Å². The van der Waals surface area contributed by atoms with Gasteiger partial charge in [0.1, 0.15) is 5.82 Å². The monoisotopic (exact) mass is 405 g/mol. The molecule has 0 spiro atoms. The lowest BCUT2D eigenvalue weighted by Gasteiger charge is -2.33. The van der Waals surface area contributed by atoms with Crippen molar-refractivity contribution in [3.63, 3.8) is 0 Å². The Labute approximate surface area is 165 Å². The van der Waals surface area contributed by atoms with Crippen molar-refractivity contribution in [1.29, 1.82) is 0 Å². The van der Waals surface area contributed by atoms with E-state index in [4.69, 9.17) is 0 Å². The van der Waals surface area contributed by atoms with Crippen molar-refractivity contribution < 1.29 is 17.6 Å². The van der Waals surface area contributed by atoms with Crippen molar-refractivity contribution >= 4 is 21.6 Å². The number of benzene rings is 2. The molecule has 28 heavy (non-hydrogen) atoms. The summed E-state index contributed by atoms with van der Waals surface area (Å²) in [4.78, 5) is 14.3. The fourth-order valence-corrected chi connectivity index (χ4v) is 4.63. The molecule has 0 aromatic heterocycles. The normalized spacial score (nSPS) is 16.1. The molecule has 0 saturated carbocycles. The maximum absolute atomic E-state index is 13.2. The van der Waals surface area contributed by atoms with Crippen LogP contribution in [-0.4, -0.2) is 56.3 Å². The molecule has 150 valence electrons. The van der Waals surface area contributed by atoms with Crippen LogP contribution in [0.15, 0.2) is 47.4 Å². The Bertz CT molecular complexity index is 970. The zero-order valence-corrected chi connectivity index (χ0v) is 16.8. The quantitative estimate of drug-likeness (QED) is 0.829. The SMILES string of the molecule is Cc1ccc(S(=O)(=O)N2CCN(CC(=O)Nc3cccc(F)c3)CC2)cc1C. The highest BCUT2D eigenvalue weighted by Gasteiger charge is 2.29. The van der Waals surface area contributed by atoms with Crippen molar-refractivity contribution in [3.8, 4) is 0 Å². The molecule has 1 amide bonds. The standard InChI is InChI=1S/C20H24FN3O3S/c1-15-6-7-19(12-16(15)2)28(26,27)24-10-8-23(9-11-24)14-20(25)22-18-5-3-4-17(21)13-18/h3-7,12-13H,8-11,14H2,1-2H3,(H,22,25). The summed E-state index contributed by atoms with van der Waals surface area (Å²) in [7, 11) is -3.54. The molecule has 0 unspecified atom stereocenters. The van der Waals surface area contributed by atoms with Crippen LogP contribution >= 0.6 is 0 Å². The molecule has 2 aromatic rings. The van der Waals surface area contributed by atoms with Gasteiger partial charge >= 0.3 is 0 Å². The maximum atomic E-state index is 13.2. The van der Waals surface area contributed by atoms with Gasteiger partial charge in [-0.3, -0.25) is 9.69 Å². The Morgan fingerprint density at radius 3 is 2.39 bits per heavy atom. The molecular formula is C20H24FN3O3S. The first kappa shape index (κ1) is 20.4. The number of nitrogens with one attached hydrogen (secondary N) is 1. The predicted molar refractivity (Wildman–Crippen MR) is 106 cm³/mol. The van der Waals surface area contributed by atoms with Gasteiger partial charge in [-0.25, -0.2) is 12.8 Å². The molecular weight excluding hydrogens is 381 g/mol. The number of aryl methyl sites for hydroxylation is 2. The second kappa shape index (κ2) is 8.38. The van der Waals surface area contributed by atoms with Gasteiger partial charge in [0.2, 0.25) is 15.9 Å². The van der Waals surface area contributed by atoms with Crippen molar-refractivity contribution in [2.24, 2.45) is 0 Å². The highest BCUT2D eigenvalue weighted by Crippen LogP contribution is 2.20. The zero-order chi connectivity index (χ0) is 20.3. The van der Waals surface area contributed by atoms with Gasteiger partial charge < -0.3 is 5.32 Å². The third kappa shape index (κ3) is 4.76. The van der Waals surface area contributed by atoms with E-state index in [1.807, 2.05) is 24.8 Å². The Kier molecular flexibility index (Phi) is 6.12. The van der Waals surface area contributed by atoms with E-state index in [2.05, 4.69) is 5.32 Å². The highest BCUT2D eigenvalue weighted by atomic mass is 32.2. The molecule has 6 nitrogen and oxygen atoms in total. The van der Waals surface area contributed by atoms with Gasteiger partial charge in [-0.15, -0.1) is 0 Å². The van der Waals surface area contributed by atoms with E-state index in [0.717, 1.165) is 11.1 Å². The third-order valence-corrected chi connectivity index (χ3v) is 6.82. The van der Waals surface area contributed by atoms with Crippen LogP contribution in [0.2, 0.25) is 0 Å². The van der Waals surface area contributed by atoms with E-state index in [-0.39, 0.29) is 12.5 Å². The van der Waals surface area contributed by atoms with Gasteiger partial charge in [0, 0.05) is 31.9 Å². The molecule has 2 aromatic carbocycles. The minimum Gasteiger partial charge on any atom is -0.325 e. The molecule has 1 saturated heterocycles. The molecule has 1 aliphatic rings. The number of rotatable bonds is 5. The van der Waals surface area contributed by atoms with Crippen LogP contribution in [0.5, 0.6) is 0 Å². The van der Waals surface area contributed by atoms with Gasteiger partial charge in [-0.2, -0.15) is 4.31 Å². The Morgan fingerprint density at radius 1 is 1.04 bits per heavy atom. The molecule has 0 radical (unpaired) electrons. The lowest BCUT2D eigenvalue weighted by atomic mass is 10.1. The summed E-state index contributed by atoms with van der Waals surface area (Å²) in [5.41, 5.74) is 2.39. The van der Waals surface area contributed by atoms with Crippen LogP contribution in [-0.2, 0) is 14.8 Å². The number of hydrogen-bond donors (Lipinski definition) is 1. The Hall–Kier alpha value is -2.29.